The molecule has 1 rings (SSSR count). The van der Waals surface area contributed by atoms with Gasteiger partial charge in [-0.1, -0.05) is 0 Å². The number of hydrogen-bond acceptors (Lipinski definition) is 1. The lowest BCUT2D eigenvalue weighted by Crippen LogP contribution is -2.19. The van der Waals surface area contributed by atoms with Gasteiger partial charge in [-0.2, -0.15) is 0 Å². The van der Waals surface area contributed by atoms with E-state index in [2.05, 4.69) is 0 Å². The van der Waals surface area contributed by atoms with Gasteiger partial charge in [0.25, 0.3) is 0 Å². The van der Waals surface area contributed by atoms with Gasteiger partial charge in [0, 0.05) is 12.1 Å². The molecule has 1 aromatic rings. The molecule has 0 spiro atoms. The largest absolute Gasteiger partial charge is 0.328 e. The van der Waals surface area contributed by atoms with E-state index in [0.717, 1.165) is 6.07 Å². The number of benzene rings is 1. The van der Waals surface area contributed by atoms with E-state index in [9.17, 15) is 13.2 Å². The maximum absolute atomic E-state index is 12.9. The Bertz CT molecular complexity index is 310. The van der Waals surface area contributed by atoms with Crippen LogP contribution in [0.4, 0.5) is 13.2 Å². The van der Waals surface area contributed by atoms with E-state index in [1.165, 1.54) is 0 Å². The number of nitrogens with two attached hydrogens (primary N) is 1. The number of hydrogen-bond donors (Lipinski definition) is 1. The maximum atomic E-state index is 12.9. The Morgan fingerprint density at radius 2 is 1.92 bits per heavy atom. The molecular formula is C9H10F3N. The second-order valence-electron chi connectivity index (χ2n) is 3.04. The molecule has 0 aliphatic rings. The first-order valence-electron chi connectivity index (χ1n) is 3.89. The molecule has 0 aliphatic carbocycles. The summed E-state index contributed by atoms with van der Waals surface area (Å²) in [5.74, 6) is -2.97. The molecule has 72 valence electrons. The summed E-state index contributed by atoms with van der Waals surface area (Å²) in [6, 6.07) is 1.15. The summed E-state index contributed by atoms with van der Waals surface area (Å²) in [6.07, 6.45) is 0.126. The van der Waals surface area contributed by atoms with E-state index in [0.29, 0.717) is 6.07 Å². The smallest absolute Gasteiger partial charge is 0.162 e. The van der Waals surface area contributed by atoms with Crippen molar-refractivity contribution in [2.24, 2.45) is 5.73 Å². The van der Waals surface area contributed by atoms with E-state index in [4.69, 9.17) is 5.73 Å². The molecule has 4 heteroatoms. The zero-order valence-electron chi connectivity index (χ0n) is 7.15. The Morgan fingerprint density at radius 1 is 1.31 bits per heavy atom. The van der Waals surface area contributed by atoms with Gasteiger partial charge in [-0.25, -0.2) is 13.2 Å². The summed E-state index contributed by atoms with van der Waals surface area (Å²) in [5.41, 5.74) is 5.36. The minimum atomic E-state index is -1.17. The molecule has 0 radical (unpaired) electrons. The zero-order chi connectivity index (χ0) is 10.0. The van der Waals surface area contributed by atoms with Gasteiger partial charge in [-0.15, -0.1) is 0 Å². The highest BCUT2D eigenvalue weighted by Crippen LogP contribution is 2.15. The minimum absolute atomic E-state index is 0.0208. The van der Waals surface area contributed by atoms with Crippen LogP contribution in [0.2, 0.25) is 0 Å². The van der Waals surface area contributed by atoms with Gasteiger partial charge < -0.3 is 5.73 Å². The van der Waals surface area contributed by atoms with Gasteiger partial charge in [0.05, 0.1) is 0 Å². The Kier molecular flexibility index (Phi) is 2.93. The monoisotopic (exact) mass is 189 g/mol. The summed E-state index contributed by atoms with van der Waals surface area (Å²) in [7, 11) is 0. The quantitative estimate of drug-likeness (QED) is 0.707. The third-order valence-corrected chi connectivity index (χ3v) is 1.61. The molecule has 1 atom stereocenters. The van der Waals surface area contributed by atoms with Gasteiger partial charge in [0.2, 0.25) is 0 Å². The van der Waals surface area contributed by atoms with Crippen LogP contribution in [0.25, 0.3) is 0 Å². The van der Waals surface area contributed by atoms with Gasteiger partial charge in [0.15, 0.2) is 11.6 Å². The van der Waals surface area contributed by atoms with E-state index in [1.54, 1.807) is 6.92 Å². The first-order chi connectivity index (χ1) is 6.00. The maximum Gasteiger partial charge on any atom is 0.162 e. The first kappa shape index (κ1) is 10.1. The van der Waals surface area contributed by atoms with Crippen LogP contribution < -0.4 is 5.73 Å². The van der Waals surface area contributed by atoms with Crippen molar-refractivity contribution >= 4 is 0 Å². The molecule has 0 heterocycles. The van der Waals surface area contributed by atoms with Crippen molar-refractivity contribution in [2.45, 2.75) is 19.4 Å². The van der Waals surface area contributed by atoms with E-state index >= 15 is 0 Å². The molecule has 0 aliphatic heterocycles. The topological polar surface area (TPSA) is 26.0 Å². The third-order valence-electron chi connectivity index (χ3n) is 1.61. The molecule has 0 saturated carbocycles. The average Bonchev–Trinajstić information content (AvgIpc) is 1.98. The fourth-order valence-electron chi connectivity index (χ4n) is 1.10. The SMILES string of the molecule is CC(N)Cc1cc(F)cc(F)c1F. The summed E-state index contributed by atoms with van der Waals surface area (Å²) in [6.45, 7) is 1.64. The summed E-state index contributed by atoms with van der Waals surface area (Å²) in [4.78, 5) is 0. The standard InChI is InChI=1S/C9H10F3N/c1-5(13)2-6-3-7(10)4-8(11)9(6)12/h3-5H,2,13H2,1H3. The Balaban J connectivity index is 3.05. The molecule has 0 bridgehead atoms. The third kappa shape index (κ3) is 2.45. The molecule has 0 fully saturated rings. The lowest BCUT2D eigenvalue weighted by molar-refractivity contribution is 0.481. The molecule has 1 aromatic carbocycles. The van der Waals surface area contributed by atoms with Crippen LogP contribution in [-0.4, -0.2) is 6.04 Å². The summed E-state index contributed by atoms with van der Waals surface area (Å²) >= 11 is 0. The lowest BCUT2D eigenvalue weighted by atomic mass is 10.1. The molecule has 0 amide bonds. The molecule has 2 N–H and O–H groups in total. The van der Waals surface area contributed by atoms with Crippen LogP contribution in [0.5, 0.6) is 0 Å². The molecule has 13 heavy (non-hydrogen) atoms. The fraction of sp³-hybridized carbons (Fsp3) is 0.333. The Labute approximate surface area is 74.4 Å². The van der Waals surface area contributed by atoms with Crippen LogP contribution in [-0.2, 0) is 6.42 Å². The van der Waals surface area contributed by atoms with Crippen LogP contribution >= 0.6 is 0 Å². The van der Waals surface area contributed by atoms with Gasteiger partial charge >= 0.3 is 0 Å². The number of rotatable bonds is 2. The second kappa shape index (κ2) is 3.79. The van der Waals surface area contributed by atoms with Crippen LogP contribution in [0.3, 0.4) is 0 Å². The summed E-state index contributed by atoms with van der Waals surface area (Å²) in [5, 5.41) is 0. The summed E-state index contributed by atoms with van der Waals surface area (Å²) < 4.78 is 38.2. The Morgan fingerprint density at radius 3 is 2.46 bits per heavy atom. The predicted octanol–water partition coefficient (Wildman–Crippen LogP) is 1.99. The van der Waals surface area contributed by atoms with Crippen molar-refractivity contribution in [1.82, 2.24) is 0 Å². The molecular weight excluding hydrogens is 179 g/mol. The highest BCUT2D eigenvalue weighted by atomic mass is 19.2. The fourth-order valence-corrected chi connectivity index (χ4v) is 1.10. The molecule has 0 aromatic heterocycles. The number of halogens is 3. The zero-order valence-corrected chi connectivity index (χ0v) is 7.15. The van der Waals surface area contributed by atoms with Crippen molar-refractivity contribution in [3.8, 4) is 0 Å². The average molecular weight is 189 g/mol. The minimum Gasteiger partial charge on any atom is -0.328 e. The molecule has 1 nitrogen and oxygen atoms in total. The Hall–Kier alpha value is -1.03. The van der Waals surface area contributed by atoms with Crippen molar-refractivity contribution in [2.75, 3.05) is 0 Å². The predicted molar refractivity (Wildman–Crippen MR) is 43.7 cm³/mol. The van der Waals surface area contributed by atoms with Crippen molar-refractivity contribution < 1.29 is 13.2 Å². The molecule has 0 saturated heterocycles. The van der Waals surface area contributed by atoms with Gasteiger partial charge in [-0.05, 0) is 25.0 Å². The second-order valence-corrected chi connectivity index (χ2v) is 3.04. The van der Waals surface area contributed by atoms with Gasteiger partial charge in [-0.3, -0.25) is 0 Å². The molecule has 1 unspecified atom stereocenters. The van der Waals surface area contributed by atoms with Gasteiger partial charge in [0.1, 0.15) is 5.82 Å². The van der Waals surface area contributed by atoms with Crippen molar-refractivity contribution in [3.05, 3.63) is 35.1 Å². The van der Waals surface area contributed by atoms with Crippen LogP contribution in [0, 0.1) is 17.5 Å². The highest BCUT2D eigenvalue weighted by molar-refractivity contribution is 5.21. The highest BCUT2D eigenvalue weighted by Gasteiger charge is 2.11. The first-order valence-corrected chi connectivity index (χ1v) is 3.89. The van der Waals surface area contributed by atoms with E-state index in [1.807, 2.05) is 0 Å². The normalized spacial score (nSPS) is 13.0. The van der Waals surface area contributed by atoms with Crippen LogP contribution in [0.15, 0.2) is 12.1 Å². The van der Waals surface area contributed by atoms with Crippen LogP contribution in [0.1, 0.15) is 12.5 Å². The van der Waals surface area contributed by atoms with Crippen molar-refractivity contribution in [1.29, 1.82) is 0 Å². The van der Waals surface area contributed by atoms with Crippen molar-refractivity contribution in [3.63, 3.8) is 0 Å². The van der Waals surface area contributed by atoms with E-state index in [-0.39, 0.29) is 18.0 Å². The lowest BCUT2D eigenvalue weighted by Gasteiger charge is -2.06. The van der Waals surface area contributed by atoms with E-state index < -0.39 is 17.5 Å².